The molecule has 7 nitrogen and oxygen atoms in total. The van der Waals surface area contributed by atoms with Crippen molar-refractivity contribution >= 4 is 17.5 Å². The van der Waals surface area contributed by atoms with E-state index in [0.717, 1.165) is 37.0 Å². The molecule has 0 heterocycles. The molecular formula is C20H25N3O4. The Kier molecular flexibility index (Phi) is 4.40. The van der Waals surface area contributed by atoms with Gasteiger partial charge in [-0.2, -0.15) is 0 Å². The maximum Gasteiger partial charge on any atom is 0.270 e. The number of carbonyl (C=O) groups is 2. The van der Waals surface area contributed by atoms with E-state index < -0.39 is 16.9 Å². The number of benzene rings is 1. The van der Waals surface area contributed by atoms with Gasteiger partial charge >= 0.3 is 0 Å². The van der Waals surface area contributed by atoms with Crippen LogP contribution in [-0.2, 0) is 4.79 Å². The molecule has 0 aliphatic heterocycles. The third kappa shape index (κ3) is 3.55. The second-order valence-electron chi connectivity index (χ2n) is 8.69. The van der Waals surface area contributed by atoms with Crippen molar-refractivity contribution in [2.24, 2.45) is 17.8 Å². The highest BCUT2D eigenvalue weighted by Gasteiger charge is 2.51. The first-order valence-electron chi connectivity index (χ1n) is 9.71. The van der Waals surface area contributed by atoms with Crippen LogP contribution in [0.5, 0.6) is 0 Å². The molecule has 4 aliphatic carbocycles. The minimum Gasteiger partial charge on any atom is -0.349 e. The molecule has 5 rings (SSSR count). The molecule has 0 aromatic heterocycles. The standard InChI is InChI=1S/C20H25N3O4/c1-12(21-19(25)16-3-2-4-17(8-16)23(26)27)18(24)22-20-9-13-5-14(10-20)7-15(6-13)11-20/h2-4,8,12-15H,5-7,9-11H2,1H3,(H,21,25)(H,22,24). The Morgan fingerprint density at radius 1 is 1.15 bits per heavy atom. The zero-order valence-corrected chi connectivity index (χ0v) is 15.4. The van der Waals surface area contributed by atoms with Crippen LogP contribution >= 0.6 is 0 Å². The van der Waals surface area contributed by atoms with Gasteiger partial charge in [-0.25, -0.2) is 0 Å². The van der Waals surface area contributed by atoms with E-state index in [9.17, 15) is 19.7 Å². The predicted octanol–water partition coefficient (Wildman–Crippen LogP) is 2.80. The molecular weight excluding hydrogens is 346 g/mol. The summed E-state index contributed by atoms with van der Waals surface area (Å²) in [7, 11) is 0. The first kappa shape index (κ1) is 17.9. The van der Waals surface area contributed by atoms with Crippen LogP contribution in [0.4, 0.5) is 5.69 Å². The highest BCUT2D eigenvalue weighted by Crippen LogP contribution is 2.55. The lowest BCUT2D eigenvalue weighted by Crippen LogP contribution is -2.62. The summed E-state index contributed by atoms with van der Waals surface area (Å²) in [6.07, 6.45) is 7.06. The fraction of sp³-hybridized carbons (Fsp3) is 0.600. The van der Waals surface area contributed by atoms with Crippen LogP contribution in [0.2, 0.25) is 0 Å². The lowest BCUT2D eigenvalue weighted by Gasteiger charge is -2.57. The number of rotatable bonds is 5. The smallest absolute Gasteiger partial charge is 0.270 e. The molecule has 0 radical (unpaired) electrons. The second kappa shape index (κ2) is 6.62. The van der Waals surface area contributed by atoms with E-state index in [-0.39, 0.29) is 22.7 Å². The van der Waals surface area contributed by atoms with Crippen molar-refractivity contribution in [3.05, 3.63) is 39.9 Å². The highest BCUT2D eigenvalue weighted by atomic mass is 16.6. The number of hydrogen-bond acceptors (Lipinski definition) is 4. The molecule has 1 aromatic carbocycles. The van der Waals surface area contributed by atoms with Gasteiger partial charge in [0, 0.05) is 23.2 Å². The molecule has 7 heteroatoms. The average molecular weight is 371 g/mol. The topological polar surface area (TPSA) is 101 Å². The second-order valence-corrected chi connectivity index (χ2v) is 8.69. The summed E-state index contributed by atoms with van der Waals surface area (Å²) in [4.78, 5) is 35.4. The zero-order chi connectivity index (χ0) is 19.2. The van der Waals surface area contributed by atoms with Gasteiger partial charge in [0.15, 0.2) is 0 Å². The van der Waals surface area contributed by atoms with E-state index in [4.69, 9.17) is 0 Å². The fourth-order valence-corrected chi connectivity index (χ4v) is 5.74. The number of nitrogens with zero attached hydrogens (tertiary/aromatic N) is 1. The Morgan fingerprint density at radius 3 is 2.30 bits per heavy atom. The molecule has 4 aliphatic rings. The van der Waals surface area contributed by atoms with Crippen LogP contribution in [0.15, 0.2) is 24.3 Å². The van der Waals surface area contributed by atoms with Crippen molar-refractivity contribution in [3.8, 4) is 0 Å². The van der Waals surface area contributed by atoms with E-state index in [0.29, 0.717) is 0 Å². The molecule has 2 amide bonds. The molecule has 144 valence electrons. The van der Waals surface area contributed by atoms with Gasteiger partial charge in [-0.3, -0.25) is 19.7 Å². The van der Waals surface area contributed by atoms with Crippen molar-refractivity contribution < 1.29 is 14.5 Å². The summed E-state index contributed by atoms with van der Waals surface area (Å²) < 4.78 is 0. The largest absolute Gasteiger partial charge is 0.349 e. The third-order valence-corrected chi connectivity index (χ3v) is 6.49. The molecule has 4 fully saturated rings. The van der Waals surface area contributed by atoms with Gasteiger partial charge in [-0.1, -0.05) is 6.07 Å². The van der Waals surface area contributed by atoms with Crippen molar-refractivity contribution in [2.75, 3.05) is 0 Å². The minimum absolute atomic E-state index is 0.101. The summed E-state index contributed by atoms with van der Waals surface area (Å²) in [5, 5.41) is 16.8. The molecule has 0 spiro atoms. The Morgan fingerprint density at radius 2 is 1.74 bits per heavy atom. The van der Waals surface area contributed by atoms with E-state index in [1.165, 1.54) is 43.5 Å². The van der Waals surface area contributed by atoms with Crippen molar-refractivity contribution in [1.82, 2.24) is 10.6 Å². The summed E-state index contributed by atoms with van der Waals surface area (Å²) >= 11 is 0. The predicted molar refractivity (Wildman–Crippen MR) is 99.1 cm³/mol. The van der Waals surface area contributed by atoms with Gasteiger partial charge in [0.05, 0.1) is 4.92 Å². The van der Waals surface area contributed by atoms with Gasteiger partial charge in [-0.15, -0.1) is 0 Å². The van der Waals surface area contributed by atoms with Gasteiger partial charge in [-0.05, 0) is 69.3 Å². The van der Waals surface area contributed by atoms with Crippen LogP contribution in [-0.4, -0.2) is 28.3 Å². The summed E-state index contributed by atoms with van der Waals surface area (Å²) in [6, 6.07) is 4.84. The average Bonchev–Trinajstić information content (AvgIpc) is 2.60. The van der Waals surface area contributed by atoms with Crippen molar-refractivity contribution in [1.29, 1.82) is 0 Å². The monoisotopic (exact) mass is 371 g/mol. The van der Waals surface area contributed by atoms with Crippen LogP contribution in [0, 0.1) is 27.9 Å². The Bertz CT molecular complexity index is 756. The molecule has 2 N–H and O–H groups in total. The number of amides is 2. The molecule has 1 aromatic rings. The SMILES string of the molecule is CC(NC(=O)c1cccc([N+](=O)[O-])c1)C(=O)NC12CC3CC(CC(C3)C1)C2. The Hall–Kier alpha value is -2.44. The fourth-order valence-electron chi connectivity index (χ4n) is 5.74. The van der Waals surface area contributed by atoms with Crippen LogP contribution in [0.25, 0.3) is 0 Å². The van der Waals surface area contributed by atoms with E-state index >= 15 is 0 Å². The maximum atomic E-state index is 12.7. The lowest BCUT2D eigenvalue weighted by molar-refractivity contribution is -0.384. The van der Waals surface area contributed by atoms with Gasteiger partial charge < -0.3 is 10.6 Å². The quantitative estimate of drug-likeness (QED) is 0.614. The Balaban J connectivity index is 1.39. The van der Waals surface area contributed by atoms with Crippen LogP contribution in [0.1, 0.15) is 55.8 Å². The highest BCUT2D eigenvalue weighted by molar-refractivity contribution is 5.98. The number of nitrogens with one attached hydrogen (secondary N) is 2. The summed E-state index contributed by atoms with van der Waals surface area (Å²) in [5.41, 5.74) is -0.0666. The number of non-ortho nitro benzene ring substituents is 1. The first-order chi connectivity index (χ1) is 12.8. The molecule has 27 heavy (non-hydrogen) atoms. The van der Waals surface area contributed by atoms with Gasteiger partial charge in [0.2, 0.25) is 5.91 Å². The zero-order valence-electron chi connectivity index (χ0n) is 15.4. The number of nitro groups is 1. The lowest BCUT2D eigenvalue weighted by atomic mass is 9.53. The van der Waals surface area contributed by atoms with Crippen LogP contribution < -0.4 is 10.6 Å². The number of carbonyl (C=O) groups excluding carboxylic acids is 2. The first-order valence-corrected chi connectivity index (χ1v) is 9.71. The van der Waals surface area contributed by atoms with Crippen LogP contribution in [0.3, 0.4) is 0 Å². The molecule has 0 saturated heterocycles. The number of nitro benzene ring substituents is 1. The van der Waals surface area contributed by atoms with E-state index in [1.54, 1.807) is 6.92 Å². The van der Waals surface area contributed by atoms with Crippen molar-refractivity contribution in [2.45, 2.75) is 57.0 Å². The Labute approximate surface area is 158 Å². The van der Waals surface area contributed by atoms with Gasteiger partial charge in [0.1, 0.15) is 6.04 Å². The van der Waals surface area contributed by atoms with E-state index in [2.05, 4.69) is 10.6 Å². The number of hydrogen-bond donors (Lipinski definition) is 2. The third-order valence-electron chi connectivity index (χ3n) is 6.49. The normalized spacial score (nSPS) is 32.0. The van der Waals surface area contributed by atoms with Gasteiger partial charge in [0.25, 0.3) is 11.6 Å². The van der Waals surface area contributed by atoms with Crippen molar-refractivity contribution in [3.63, 3.8) is 0 Å². The molecule has 4 bridgehead atoms. The summed E-state index contributed by atoms with van der Waals surface area (Å²) in [6.45, 7) is 1.66. The molecule has 1 unspecified atom stereocenters. The molecule has 4 saturated carbocycles. The van der Waals surface area contributed by atoms with E-state index in [1.807, 2.05) is 0 Å². The summed E-state index contributed by atoms with van der Waals surface area (Å²) in [5.74, 6) is 1.53. The minimum atomic E-state index is -0.690. The maximum absolute atomic E-state index is 12.7. The molecule has 1 atom stereocenters.